The van der Waals surface area contributed by atoms with Gasteiger partial charge in [-0.1, -0.05) is 41.9 Å². The zero-order chi connectivity index (χ0) is 17.1. The second-order valence-corrected chi connectivity index (χ2v) is 6.25. The van der Waals surface area contributed by atoms with E-state index in [2.05, 4.69) is 12.1 Å². The Morgan fingerprint density at radius 2 is 1.83 bits per heavy atom. The van der Waals surface area contributed by atoms with Crippen LogP contribution in [0.25, 0.3) is 10.8 Å². The van der Waals surface area contributed by atoms with E-state index in [1.54, 1.807) is 29.8 Å². The first-order valence-electron chi connectivity index (χ1n) is 7.65. The summed E-state index contributed by atoms with van der Waals surface area (Å²) < 4.78 is 7.58. The molecule has 24 heavy (non-hydrogen) atoms. The zero-order valence-corrected chi connectivity index (χ0v) is 14.8. The molecule has 0 aliphatic heterocycles. The third-order valence-corrected chi connectivity index (χ3v) is 4.52. The van der Waals surface area contributed by atoms with E-state index in [9.17, 15) is 4.79 Å². The van der Waals surface area contributed by atoms with Crippen LogP contribution in [0.3, 0.4) is 0 Å². The van der Waals surface area contributed by atoms with Crippen molar-refractivity contribution in [1.82, 2.24) is 4.57 Å². The van der Waals surface area contributed by atoms with E-state index in [0.29, 0.717) is 33.8 Å². The number of fused-ring (bicyclic) bond motifs is 1. The van der Waals surface area contributed by atoms with Crippen molar-refractivity contribution in [2.45, 2.75) is 12.3 Å². The van der Waals surface area contributed by atoms with Crippen molar-refractivity contribution < 1.29 is 4.74 Å². The maximum absolute atomic E-state index is 12.5. The van der Waals surface area contributed by atoms with E-state index < -0.39 is 0 Å². The lowest BCUT2D eigenvalue weighted by Gasteiger charge is -2.16. The Hall–Kier alpha value is -1.97. The normalized spacial score (nSPS) is 11.0. The van der Waals surface area contributed by atoms with Crippen molar-refractivity contribution in [3.63, 3.8) is 0 Å². The third kappa shape index (κ3) is 3.28. The molecule has 1 aromatic heterocycles. The summed E-state index contributed by atoms with van der Waals surface area (Å²) >= 11 is 12.2. The monoisotopic (exact) mass is 361 g/mol. The largest absolute Gasteiger partial charge is 0.491 e. The zero-order valence-electron chi connectivity index (χ0n) is 13.3. The Balaban J connectivity index is 2.00. The molecule has 0 amide bonds. The minimum absolute atomic E-state index is 0.104. The number of alkyl halides is 1. The summed E-state index contributed by atoms with van der Waals surface area (Å²) in [6, 6.07) is 15.3. The lowest BCUT2D eigenvalue weighted by molar-refractivity contribution is 0.320. The first-order chi connectivity index (χ1) is 11.6. The van der Waals surface area contributed by atoms with E-state index in [1.165, 1.54) is 5.56 Å². The molecule has 0 saturated carbocycles. The van der Waals surface area contributed by atoms with Gasteiger partial charge in [0.2, 0.25) is 0 Å². The van der Waals surface area contributed by atoms with Crippen molar-refractivity contribution in [2.24, 2.45) is 7.05 Å². The molecular weight excluding hydrogens is 345 g/mol. The summed E-state index contributed by atoms with van der Waals surface area (Å²) in [5, 5.41) is 1.84. The molecule has 0 aliphatic rings. The fraction of sp³-hybridized carbons (Fsp3) is 0.211. The molecule has 124 valence electrons. The molecule has 3 aromatic rings. The number of aromatic nitrogens is 1. The Kier molecular flexibility index (Phi) is 5.12. The van der Waals surface area contributed by atoms with Crippen LogP contribution in [0.2, 0.25) is 5.02 Å². The van der Waals surface area contributed by atoms with Crippen LogP contribution in [0.15, 0.2) is 53.3 Å². The second-order valence-electron chi connectivity index (χ2n) is 5.55. The number of halogens is 2. The van der Waals surface area contributed by atoms with Gasteiger partial charge in [0, 0.05) is 23.9 Å². The number of hydrogen-bond donors (Lipinski definition) is 0. The molecular formula is C19H17Cl2NO2. The highest BCUT2D eigenvalue weighted by Gasteiger charge is 2.16. The van der Waals surface area contributed by atoms with Gasteiger partial charge in [0.1, 0.15) is 5.75 Å². The molecule has 3 rings (SSSR count). The van der Waals surface area contributed by atoms with Gasteiger partial charge in [-0.25, -0.2) is 0 Å². The average Bonchev–Trinajstić information content (AvgIpc) is 2.60. The predicted octanol–water partition coefficient (Wildman–Crippen LogP) is 4.55. The molecule has 0 radical (unpaired) electrons. The molecule has 0 spiro atoms. The number of benzene rings is 2. The maximum atomic E-state index is 12.5. The topological polar surface area (TPSA) is 31.2 Å². The molecule has 1 heterocycles. The molecule has 0 aliphatic carbocycles. The van der Waals surface area contributed by atoms with Gasteiger partial charge in [-0.05, 0) is 23.8 Å². The number of rotatable bonds is 5. The van der Waals surface area contributed by atoms with E-state index in [-0.39, 0.29) is 11.4 Å². The van der Waals surface area contributed by atoms with E-state index >= 15 is 0 Å². The Morgan fingerprint density at radius 3 is 2.54 bits per heavy atom. The van der Waals surface area contributed by atoms with Gasteiger partial charge >= 0.3 is 0 Å². The number of pyridine rings is 1. The summed E-state index contributed by atoms with van der Waals surface area (Å²) in [5.74, 6) is 0.815. The highest BCUT2D eigenvalue weighted by molar-refractivity contribution is 6.31. The third-order valence-electron chi connectivity index (χ3n) is 4.03. The highest BCUT2D eigenvalue weighted by atomic mass is 35.5. The molecule has 3 nitrogen and oxygen atoms in total. The van der Waals surface area contributed by atoms with Gasteiger partial charge in [-0.2, -0.15) is 0 Å². The van der Waals surface area contributed by atoms with Crippen molar-refractivity contribution >= 4 is 34.0 Å². The molecule has 0 bridgehead atoms. The van der Waals surface area contributed by atoms with Crippen LogP contribution in [-0.4, -0.2) is 11.2 Å². The number of nitrogens with zero attached hydrogens (tertiary/aromatic N) is 1. The van der Waals surface area contributed by atoms with Crippen LogP contribution in [-0.2, 0) is 19.3 Å². The molecule has 0 N–H and O–H groups in total. The second kappa shape index (κ2) is 7.29. The van der Waals surface area contributed by atoms with Crippen LogP contribution in [0.5, 0.6) is 5.75 Å². The van der Waals surface area contributed by atoms with Crippen molar-refractivity contribution in [3.05, 3.63) is 75.2 Å². The van der Waals surface area contributed by atoms with Crippen LogP contribution >= 0.6 is 23.2 Å². The minimum Gasteiger partial charge on any atom is -0.491 e. The quantitative estimate of drug-likeness (QED) is 0.624. The highest BCUT2D eigenvalue weighted by Crippen LogP contribution is 2.30. The molecule has 5 heteroatoms. The predicted molar refractivity (Wildman–Crippen MR) is 99.4 cm³/mol. The standard InChI is InChI=1S/C19H17Cl2NO2/c1-22-17(12-20)18(24-10-9-13-5-3-2-4-6-13)16-11-14(21)7-8-15(16)19(22)23/h2-8,11H,9-10,12H2,1H3. The van der Waals surface area contributed by atoms with Crippen LogP contribution < -0.4 is 10.3 Å². The van der Waals surface area contributed by atoms with Crippen LogP contribution in [0.4, 0.5) is 0 Å². The smallest absolute Gasteiger partial charge is 0.258 e. The van der Waals surface area contributed by atoms with Crippen molar-refractivity contribution in [3.8, 4) is 5.75 Å². The SMILES string of the molecule is Cn1c(CCl)c(OCCc2ccccc2)c2cc(Cl)ccc2c1=O. The van der Waals surface area contributed by atoms with Crippen LogP contribution in [0, 0.1) is 0 Å². The minimum atomic E-state index is -0.104. The summed E-state index contributed by atoms with van der Waals surface area (Å²) in [6.45, 7) is 0.494. The Morgan fingerprint density at radius 1 is 1.08 bits per heavy atom. The molecule has 0 fully saturated rings. The Labute approximate surface area is 150 Å². The fourth-order valence-corrected chi connectivity index (χ4v) is 3.20. The maximum Gasteiger partial charge on any atom is 0.258 e. The summed E-state index contributed by atoms with van der Waals surface area (Å²) in [5.41, 5.74) is 1.74. The van der Waals surface area contributed by atoms with Crippen molar-refractivity contribution in [2.75, 3.05) is 6.61 Å². The van der Waals surface area contributed by atoms with Gasteiger partial charge in [0.05, 0.1) is 23.6 Å². The van der Waals surface area contributed by atoms with Gasteiger partial charge in [-0.3, -0.25) is 4.79 Å². The first kappa shape index (κ1) is 16.9. The van der Waals surface area contributed by atoms with E-state index in [0.717, 1.165) is 6.42 Å². The summed E-state index contributed by atoms with van der Waals surface area (Å²) in [4.78, 5) is 12.5. The lowest BCUT2D eigenvalue weighted by atomic mass is 10.1. The summed E-state index contributed by atoms with van der Waals surface area (Å²) in [6.07, 6.45) is 0.771. The lowest BCUT2D eigenvalue weighted by Crippen LogP contribution is -2.21. The average molecular weight is 362 g/mol. The first-order valence-corrected chi connectivity index (χ1v) is 8.57. The fourth-order valence-electron chi connectivity index (χ4n) is 2.73. The van der Waals surface area contributed by atoms with Gasteiger partial charge in [-0.15, -0.1) is 11.6 Å². The van der Waals surface area contributed by atoms with Gasteiger partial charge < -0.3 is 9.30 Å². The summed E-state index contributed by atoms with van der Waals surface area (Å²) in [7, 11) is 1.71. The van der Waals surface area contributed by atoms with Gasteiger partial charge in [0.15, 0.2) is 0 Å². The Bertz CT molecular complexity index is 920. The van der Waals surface area contributed by atoms with E-state index in [1.807, 2.05) is 18.2 Å². The van der Waals surface area contributed by atoms with E-state index in [4.69, 9.17) is 27.9 Å². The van der Waals surface area contributed by atoms with Crippen LogP contribution in [0.1, 0.15) is 11.3 Å². The molecule has 0 saturated heterocycles. The molecule has 2 aromatic carbocycles. The van der Waals surface area contributed by atoms with Gasteiger partial charge in [0.25, 0.3) is 5.56 Å². The number of ether oxygens (including phenoxy) is 1. The molecule has 0 atom stereocenters. The molecule has 0 unspecified atom stereocenters. The number of hydrogen-bond acceptors (Lipinski definition) is 2. The van der Waals surface area contributed by atoms with Crippen molar-refractivity contribution in [1.29, 1.82) is 0 Å².